The van der Waals surface area contributed by atoms with Crippen LogP contribution in [0.3, 0.4) is 0 Å². The maximum atomic E-state index is 12.7. The third-order valence-electron chi connectivity index (χ3n) is 4.95. The van der Waals surface area contributed by atoms with Crippen LogP contribution in [0.4, 0.5) is 5.82 Å². The topological polar surface area (TPSA) is 93.3 Å². The zero-order chi connectivity index (χ0) is 21.1. The van der Waals surface area contributed by atoms with Crippen LogP contribution in [0.25, 0.3) is 0 Å². The molecule has 3 aromatic rings. The largest absolute Gasteiger partial charge is 0.493 e. The van der Waals surface area contributed by atoms with Crippen molar-refractivity contribution in [1.82, 2.24) is 9.97 Å². The Hall–Kier alpha value is -3.26. The van der Waals surface area contributed by atoms with Crippen LogP contribution in [-0.2, 0) is 11.4 Å². The van der Waals surface area contributed by atoms with Gasteiger partial charge in [0.2, 0.25) is 5.91 Å². The van der Waals surface area contributed by atoms with Crippen LogP contribution in [0.5, 0.6) is 11.5 Å². The summed E-state index contributed by atoms with van der Waals surface area (Å²) in [6.45, 7) is 0.409. The highest BCUT2D eigenvalue weighted by Gasteiger charge is 2.31. The molecule has 2 N–H and O–H groups in total. The summed E-state index contributed by atoms with van der Waals surface area (Å²) < 4.78 is 11.4. The summed E-state index contributed by atoms with van der Waals surface area (Å²) in [6, 6.07) is 15.3. The molecule has 0 saturated carbocycles. The normalized spacial score (nSPS) is 15.3. The van der Waals surface area contributed by atoms with Crippen molar-refractivity contribution in [2.75, 3.05) is 18.7 Å². The standard InChI is InChI=1S/C22H21N3O4S/c1-28-17-10-14(8-9-16(17)29-12-13-6-4-3-5-7-13)15-11-18(26)23-20-19(15)21(27)25-22(24-20)30-2/h3-10,15H,11-12H2,1-2H3,(H2,23,24,25,26,27)/t15-/m0/s1. The fraction of sp³-hybridized carbons (Fsp3) is 0.227. The quantitative estimate of drug-likeness (QED) is 0.465. The number of H-pyrrole nitrogens is 1. The minimum absolute atomic E-state index is 0.156. The molecule has 0 fully saturated rings. The average molecular weight is 423 g/mol. The zero-order valence-electron chi connectivity index (χ0n) is 16.6. The number of nitrogens with one attached hydrogen (secondary N) is 2. The van der Waals surface area contributed by atoms with Gasteiger partial charge < -0.3 is 19.8 Å². The van der Waals surface area contributed by atoms with Crippen LogP contribution in [0, 0.1) is 0 Å². The number of ether oxygens (including phenoxy) is 2. The second-order valence-corrected chi connectivity index (χ2v) is 7.62. The van der Waals surface area contributed by atoms with Crippen LogP contribution < -0.4 is 20.3 Å². The van der Waals surface area contributed by atoms with Gasteiger partial charge in [-0.25, -0.2) is 4.98 Å². The smallest absolute Gasteiger partial charge is 0.257 e. The van der Waals surface area contributed by atoms with Gasteiger partial charge in [0.1, 0.15) is 12.4 Å². The molecule has 1 atom stereocenters. The fourth-order valence-electron chi connectivity index (χ4n) is 3.49. The van der Waals surface area contributed by atoms with Crippen molar-refractivity contribution in [1.29, 1.82) is 0 Å². The van der Waals surface area contributed by atoms with E-state index in [9.17, 15) is 9.59 Å². The number of carbonyl (C=O) groups excluding carboxylic acids is 1. The Morgan fingerprint density at radius 1 is 1.13 bits per heavy atom. The number of hydrogen-bond donors (Lipinski definition) is 2. The van der Waals surface area contributed by atoms with Gasteiger partial charge in [0, 0.05) is 12.3 Å². The van der Waals surface area contributed by atoms with Crippen LogP contribution in [0.1, 0.15) is 29.0 Å². The predicted molar refractivity (Wildman–Crippen MR) is 115 cm³/mol. The maximum Gasteiger partial charge on any atom is 0.257 e. The maximum absolute atomic E-state index is 12.7. The molecule has 0 bridgehead atoms. The number of nitrogens with zero attached hydrogens (tertiary/aromatic N) is 1. The van der Waals surface area contributed by atoms with Crippen molar-refractivity contribution in [3.8, 4) is 11.5 Å². The van der Waals surface area contributed by atoms with Gasteiger partial charge >= 0.3 is 0 Å². The molecule has 0 radical (unpaired) electrons. The number of anilines is 1. The Bertz CT molecular complexity index is 1130. The summed E-state index contributed by atoms with van der Waals surface area (Å²) in [5.41, 5.74) is 2.04. The molecule has 1 aliphatic heterocycles. The number of amides is 1. The van der Waals surface area contributed by atoms with Gasteiger partial charge in [0.05, 0.1) is 12.7 Å². The number of aromatic nitrogens is 2. The summed E-state index contributed by atoms with van der Waals surface area (Å²) in [4.78, 5) is 32.1. The molecule has 2 heterocycles. The van der Waals surface area contributed by atoms with Crippen molar-refractivity contribution in [2.45, 2.75) is 24.1 Å². The molecular formula is C22H21N3O4S. The first-order valence-electron chi connectivity index (χ1n) is 9.41. The van der Waals surface area contributed by atoms with Gasteiger partial charge in [-0.1, -0.05) is 48.2 Å². The monoisotopic (exact) mass is 423 g/mol. The van der Waals surface area contributed by atoms with E-state index in [1.54, 1.807) is 13.2 Å². The van der Waals surface area contributed by atoms with Crippen LogP contribution >= 0.6 is 11.8 Å². The van der Waals surface area contributed by atoms with E-state index in [1.807, 2.05) is 48.7 Å². The van der Waals surface area contributed by atoms with E-state index in [4.69, 9.17) is 9.47 Å². The zero-order valence-corrected chi connectivity index (χ0v) is 17.4. The first-order chi connectivity index (χ1) is 14.6. The van der Waals surface area contributed by atoms with Crippen molar-refractivity contribution in [3.63, 3.8) is 0 Å². The van der Waals surface area contributed by atoms with E-state index in [1.165, 1.54) is 11.8 Å². The average Bonchev–Trinajstić information content (AvgIpc) is 2.77. The number of methoxy groups -OCH3 is 1. The third-order valence-corrected chi connectivity index (χ3v) is 5.53. The fourth-order valence-corrected chi connectivity index (χ4v) is 3.86. The lowest BCUT2D eigenvalue weighted by atomic mass is 9.86. The highest BCUT2D eigenvalue weighted by Crippen LogP contribution is 2.38. The summed E-state index contributed by atoms with van der Waals surface area (Å²) in [7, 11) is 1.56. The van der Waals surface area contributed by atoms with Crippen molar-refractivity contribution < 1.29 is 14.3 Å². The van der Waals surface area contributed by atoms with Crippen LogP contribution in [-0.4, -0.2) is 29.2 Å². The van der Waals surface area contributed by atoms with Crippen LogP contribution in [0.15, 0.2) is 58.5 Å². The molecule has 154 valence electrons. The number of aromatic amines is 1. The van der Waals surface area contributed by atoms with E-state index < -0.39 is 5.92 Å². The minimum atomic E-state index is -0.419. The van der Waals surface area contributed by atoms with E-state index in [-0.39, 0.29) is 17.9 Å². The van der Waals surface area contributed by atoms with Gasteiger partial charge in [0.15, 0.2) is 16.7 Å². The number of benzene rings is 2. The Labute approximate surface area is 177 Å². The molecule has 8 heteroatoms. The molecule has 1 aromatic heterocycles. The predicted octanol–water partition coefficient (Wildman–Crippen LogP) is 3.55. The van der Waals surface area contributed by atoms with Crippen molar-refractivity contribution in [2.24, 2.45) is 0 Å². The number of hydrogen-bond acceptors (Lipinski definition) is 6. The third kappa shape index (κ3) is 4.04. The molecule has 0 unspecified atom stereocenters. The highest BCUT2D eigenvalue weighted by molar-refractivity contribution is 7.98. The van der Waals surface area contributed by atoms with E-state index in [0.29, 0.717) is 34.6 Å². The molecule has 1 aliphatic rings. The number of carbonyl (C=O) groups is 1. The highest BCUT2D eigenvalue weighted by atomic mass is 32.2. The number of thioether (sulfide) groups is 1. The second-order valence-electron chi connectivity index (χ2n) is 6.83. The summed E-state index contributed by atoms with van der Waals surface area (Å²) in [5.74, 6) is 0.850. The van der Waals surface area contributed by atoms with Gasteiger partial charge in [0.25, 0.3) is 5.56 Å². The molecule has 0 spiro atoms. The number of rotatable bonds is 6. The van der Waals surface area contributed by atoms with E-state index >= 15 is 0 Å². The summed E-state index contributed by atoms with van der Waals surface area (Å²) in [6.07, 6.45) is 1.97. The van der Waals surface area contributed by atoms with E-state index in [0.717, 1.165) is 11.1 Å². The van der Waals surface area contributed by atoms with Crippen molar-refractivity contribution >= 4 is 23.5 Å². The molecule has 1 amide bonds. The summed E-state index contributed by atoms with van der Waals surface area (Å²) in [5, 5.41) is 3.17. The Morgan fingerprint density at radius 3 is 2.67 bits per heavy atom. The first kappa shape index (κ1) is 20.0. The molecule has 0 saturated heterocycles. The lowest BCUT2D eigenvalue weighted by molar-refractivity contribution is -0.116. The van der Waals surface area contributed by atoms with Crippen molar-refractivity contribution in [3.05, 3.63) is 75.6 Å². The SMILES string of the molecule is COc1cc([C@@H]2CC(=O)Nc3nc(SC)[nH]c(=O)c32)ccc1OCc1ccccc1. The summed E-state index contributed by atoms with van der Waals surface area (Å²) >= 11 is 1.31. The molecule has 7 nitrogen and oxygen atoms in total. The van der Waals surface area contributed by atoms with Crippen LogP contribution in [0.2, 0.25) is 0 Å². The molecule has 30 heavy (non-hydrogen) atoms. The number of fused-ring (bicyclic) bond motifs is 1. The van der Waals surface area contributed by atoms with Gasteiger partial charge in [-0.3, -0.25) is 9.59 Å². The van der Waals surface area contributed by atoms with Gasteiger partial charge in [-0.15, -0.1) is 0 Å². The first-order valence-corrected chi connectivity index (χ1v) is 10.6. The lowest BCUT2D eigenvalue weighted by Crippen LogP contribution is -2.31. The minimum Gasteiger partial charge on any atom is -0.493 e. The molecule has 2 aromatic carbocycles. The Morgan fingerprint density at radius 2 is 1.93 bits per heavy atom. The van der Waals surface area contributed by atoms with Gasteiger partial charge in [-0.2, -0.15) is 0 Å². The molecule has 0 aliphatic carbocycles. The Balaban J connectivity index is 1.66. The lowest BCUT2D eigenvalue weighted by Gasteiger charge is -2.25. The Kier molecular flexibility index (Phi) is 5.76. The molecule has 4 rings (SSSR count). The second kappa shape index (κ2) is 8.62. The van der Waals surface area contributed by atoms with Gasteiger partial charge in [-0.05, 0) is 29.5 Å². The molecular weight excluding hydrogens is 402 g/mol. The van der Waals surface area contributed by atoms with E-state index in [2.05, 4.69) is 15.3 Å².